The largest absolute Gasteiger partial charge is 0.489 e. The number of halogens is 1. The van der Waals surface area contributed by atoms with Crippen molar-refractivity contribution in [1.29, 1.82) is 0 Å². The lowest BCUT2D eigenvalue weighted by molar-refractivity contribution is -0.131. The normalized spacial score (nSPS) is 18.4. The number of fused-ring (bicyclic) bond motifs is 1. The van der Waals surface area contributed by atoms with E-state index in [-0.39, 0.29) is 24.2 Å². The van der Waals surface area contributed by atoms with Crippen LogP contribution in [0.1, 0.15) is 59.3 Å². The number of carbonyl (C=O) groups is 2. The lowest BCUT2D eigenvalue weighted by atomic mass is 9.76. The minimum Gasteiger partial charge on any atom is -0.489 e. The molecule has 1 saturated carbocycles. The number of rotatable bonds is 10. The third kappa shape index (κ3) is 7.29. The zero-order chi connectivity index (χ0) is 29.5. The number of nitrogens with one attached hydrogen (secondary N) is 3. The first-order valence-electron chi connectivity index (χ1n) is 14.1. The van der Waals surface area contributed by atoms with Crippen LogP contribution in [0.25, 0.3) is 10.9 Å². The first kappa shape index (κ1) is 29.2. The third-order valence-electron chi connectivity index (χ3n) is 7.87. The molecule has 0 aliphatic heterocycles. The maximum Gasteiger partial charge on any atom is 0.251 e. The van der Waals surface area contributed by atoms with Gasteiger partial charge in [-0.15, -0.1) is 0 Å². The first-order chi connectivity index (χ1) is 20.3. The Labute approximate surface area is 244 Å². The fourth-order valence-corrected chi connectivity index (χ4v) is 5.67. The molecule has 1 aromatic heterocycles. The average molecular weight is 571 g/mol. The van der Waals surface area contributed by atoms with Gasteiger partial charge >= 0.3 is 0 Å². The van der Waals surface area contributed by atoms with E-state index >= 15 is 0 Å². The molecule has 0 bridgehead atoms. The van der Waals surface area contributed by atoms with E-state index in [1.54, 1.807) is 35.8 Å². The van der Waals surface area contributed by atoms with Crippen molar-refractivity contribution in [1.82, 2.24) is 21.1 Å². The highest BCUT2D eigenvalue weighted by atomic mass is 19.1. The number of aryl methyl sites for hydroxylation is 1. The van der Waals surface area contributed by atoms with Crippen LogP contribution in [0.3, 0.4) is 0 Å². The number of benzene rings is 3. The van der Waals surface area contributed by atoms with Crippen molar-refractivity contribution in [3.05, 3.63) is 107 Å². The molecule has 0 spiro atoms. The van der Waals surface area contributed by atoms with Crippen molar-refractivity contribution in [3.63, 3.8) is 0 Å². The number of aromatic nitrogens is 1. The molecule has 0 unspecified atom stereocenters. The van der Waals surface area contributed by atoms with Crippen molar-refractivity contribution < 1.29 is 23.9 Å². The number of nitrogens with zero attached hydrogens (tertiary/aromatic N) is 1. The minimum atomic E-state index is -0.795. The molecule has 1 aliphatic rings. The number of pyridine rings is 1. The number of hydroxylamine groups is 1. The molecule has 1 fully saturated rings. The van der Waals surface area contributed by atoms with Crippen LogP contribution in [0.15, 0.2) is 78.9 Å². The number of amides is 2. The quantitative estimate of drug-likeness (QED) is 0.151. The molecule has 42 heavy (non-hydrogen) atoms. The van der Waals surface area contributed by atoms with Crippen molar-refractivity contribution in [2.24, 2.45) is 0 Å². The Morgan fingerprint density at radius 3 is 2.52 bits per heavy atom. The molecule has 218 valence electrons. The Bertz CT molecular complexity index is 1550. The zero-order valence-electron chi connectivity index (χ0n) is 23.5. The summed E-state index contributed by atoms with van der Waals surface area (Å²) in [6, 6.07) is 23.5. The molecule has 3 aromatic carbocycles. The van der Waals surface area contributed by atoms with Gasteiger partial charge in [0, 0.05) is 40.3 Å². The summed E-state index contributed by atoms with van der Waals surface area (Å²) in [7, 11) is 0. The second-order valence-corrected chi connectivity index (χ2v) is 11.0. The van der Waals surface area contributed by atoms with Crippen LogP contribution in [0.2, 0.25) is 0 Å². The van der Waals surface area contributed by atoms with E-state index in [2.05, 4.69) is 15.6 Å². The highest BCUT2D eigenvalue weighted by molar-refractivity contribution is 5.95. The second-order valence-electron chi connectivity index (χ2n) is 11.0. The fraction of sp³-hybridized carbons (Fsp3) is 0.303. The second kappa shape index (κ2) is 13.1. The van der Waals surface area contributed by atoms with Gasteiger partial charge in [0.15, 0.2) is 0 Å². The molecule has 1 aliphatic carbocycles. The van der Waals surface area contributed by atoms with Crippen molar-refractivity contribution in [2.45, 2.75) is 63.8 Å². The van der Waals surface area contributed by atoms with Gasteiger partial charge in [0.05, 0.1) is 11.9 Å². The van der Waals surface area contributed by atoms with Gasteiger partial charge in [-0.25, -0.2) is 9.87 Å². The van der Waals surface area contributed by atoms with Gasteiger partial charge in [0.2, 0.25) is 5.91 Å². The summed E-state index contributed by atoms with van der Waals surface area (Å²) in [5, 5.41) is 16.8. The van der Waals surface area contributed by atoms with Gasteiger partial charge < -0.3 is 15.4 Å². The van der Waals surface area contributed by atoms with E-state index in [4.69, 9.17) is 4.74 Å². The van der Waals surface area contributed by atoms with Gasteiger partial charge in [-0.3, -0.25) is 19.8 Å². The van der Waals surface area contributed by atoms with E-state index in [9.17, 15) is 19.2 Å². The van der Waals surface area contributed by atoms with Gasteiger partial charge in [-0.1, -0.05) is 30.3 Å². The summed E-state index contributed by atoms with van der Waals surface area (Å²) < 4.78 is 19.5. The Morgan fingerprint density at radius 1 is 1.02 bits per heavy atom. The number of para-hydroxylation sites is 1. The van der Waals surface area contributed by atoms with Crippen molar-refractivity contribution >= 4 is 22.7 Å². The zero-order valence-corrected chi connectivity index (χ0v) is 23.5. The highest BCUT2D eigenvalue weighted by Gasteiger charge is 2.38. The van der Waals surface area contributed by atoms with Gasteiger partial charge in [-0.05, 0) is 86.7 Å². The van der Waals surface area contributed by atoms with Crippen molar-refractivity contribution in [3.8, 4) is 5.75 Å². The maximum atomic E-state index is 13.5. The monoisotopic (exact) mass is 570 g/mol. The first-order valence-corrected chi connectivity index (χ1v) is 14.1. The van der Waals surface area contributed by atoms with E-state index in [1.807, 2.05) is 43.3 Å². The van der Waals surface area contributed by atoms with Crippen LogP contribution in [-0.4, -0.2) is 33.6 Å². The lowest BCUT2D eigenvalue weighted by Crippen LogP contribution is -2.54. The summed E-state index contributed by atoms with van der Waals surface area (Å²) >= 11 is 0. The molecule has 9 heteroatoms. The summed E-state index contributed by atoms with van der Waals surface area (Å²) in [6.45, 7) is 2.85. The predicted octanol–water partition coefficient (Wildman–Crippen LogP) is 5.36. The number of carbonyl (C=O) groups excluding carboxylic acids is 2. The van der Waals surface area contributed by atoms with Crippen LogP contribution in [0.4, 0.5) is 4.39 Å². The van der Waals surface area contributed by atoms with Crippen LogP contribution >= 0.6 is 0 Å². The van der Waals surface area contributed by atoms with Crippen LogP contribution in [0, 0.1) is 12.7 Å². The topological polar surface area (TPSA) is 113 Å². The smallest absolute Gasteiger partial charge is 0.251 e. The van der Waals surface area contributed by atoms with Gasteiger partial charge in [-0.2, -0.15) is 0 Å². The van der Waals surface area contributed by atoms with Crippen LogP contribution < -0.4 is 20.9 Å². The van der Waals surface area contributed by atoms with Gasteiger partial charge in [0.1, 0.15) is 18.2 Å². The summed E-state index contributed by atoms with van der Waals surface area (Å²) in [6.07, 6.45) is 2.49. The summed E-state index contributed by atoms with van der Waals surface area (Å²) in [5.41, 5.74) is 5.08. The van der Waals surface area contributed by atoms with Crippen LogP contribution in [0.5, 0.6) is 5.75 Å². The number of ether oxygens (including phenoxy) is 1. The van der Waals surface area contributed by atoms with E-state index in [1.165, 1.54) is 12.1 Å². The highest BCUT2D eigenvalue weighted by Crippen LogP contribution is 2.32. The average Bonchev–Trinajstić information content (AvgIpc) is 2.99. The van der Waals surface area contributed by atoms with E-state index in [0.717, 1.165) is 27.7 Å². The molecular weight excluding hydrogens is 535 g/mol. The number of hydrogen-bond donors (Lipinski definition) is 4. The minimum absolute atomic E-state index is 0.0354. The molecule has 1 heterocycles. The molecular formula is C33H35FN4O4. The van der Waals surface area contributed by atoms with E-state index in [0.29, 0.717) is 50.1 Å². The summed E-state index contributed by atoms with van der Waals surface area (Å²) in [5.74, 6) is -0.491. The number of hydrogen-bond acceptors (Lipinski definition) is 6. The molecule has 0 saturated heterocycles. The Kier molecular flexibility index (Phi) is 9.09. The predicted molar refractivity (Wildman–Crippen MR) is 157 cm³/mol. The lowest BCUT2D eigenvalue weighted by Gasteiger charge is -2.40. The molecule has 4 aromatic rings. The molecule has 0 radical (unpaired) electrons. The Morgan fingerprint density at radius 2 is 1.79 bits per heavy atom. The molecule has 2 amide bonds. The standard InChI is InChI=1S/C33H35FN4O4/c1-22-17-25(29-7-2-3-8-30(29)36-22)21-42-28-11-9-24(10-12-28)32(40)37-33(19-31(39)38-41)15-13-27(14-16-33)35-20-23-5-4-6-26(34)18-23/h2-12,17-18,27,35,41H,13-16,19-21H2,1H3,(H,37,40)(H,38,39)/t27-,33+. The van der Waals surface area contributed by atoms with E-state index < -0.39 is 11.4 Å². The maximum absolute atomic E-state index is 13.5. The molecule has 8 nitrogen and oxygen atoms in total. The molecule has 5 rings (SSSR count). The van der Waals surface area contributed by atoms with Crippen LogP contribution in [-0.2, 0) is 17.9 Å². The Hall–Kier alpha value is -4.34. The molecule has 4 N–H and O–H groups in total. The fourth-order valence-electron chi connectivity index (χ4n) is 5.67. The van der Waals surface area contributed by atoms with Gasteiger partial charge in [0.25, 0.3) is 5.91 Å². The summed E-state index contributed by atoms with van der Waals surface area (Å²) in [4.78, 5) is 30.0. The SMILES string of the molecule is Cc1cc(COc2ccc(C(=O)N[C@]3(CC(=O)NO)CC[C@H](NCc4cccc(F)c4)CC3)cc2)c2ccccc2n1. The Balaban J connectivity index is 1.20. The van der Waals surface area contributed by atoms with Crippen molar-refractivity contribution in [2.75, 3.05) is 0 Å². The third-order valence-corrected chi connectivity index (χ3v) is 7.87. The molecule has 0 atom stereocenters.